The van der Waals surface area contributed by atoms with E-state index in [1.807, 2.05) is 11.8 Å². The first-order valence-electron chi connectivity index (χ1n) is 7.55. The lowest BCUT2D eigenvalue weighted by atomic mass is 9.95. The highest BCUT2D eigenvalue weighted by atomic mass is 35.5. The van der Waals surface area contributed by atoms with Crippen molar-refractivity contribution >= 4 is 30.7 Å². The smallest absolute Gasteiger partial charge is 0.239 e. The van der Waals surface area contributed by atoms with Crippen molar-refractivity contribution < 1.29 is 9.53 Å². The molecule has 2 N–H and O–H groups in total. The number of morpholine rings is 1. The van der Waals surface area contributed by atoms with Gasteiger partial charge in [-0.3, -0.25) is 9.69 Å². The summed E-state index contributed by atoms with van der Waals surface area (Å²) < 4.78 is 5.37. The van der Waals surface area contributed by atoms with Gasteiger partial charge in [-0.1, -0.05) is 6.92 Å². The number of piperidine rings is 1. The molecule has 0 bridgehead atoms. The van der Waals surface area contributed by atoms with Gasteiger partial charge in [0.15, 0.2) is 0 Å². The van der Waals surface area contributed by atoms with Gasteiger partial charge in [-0.05, 0) is 25.2 Å². The molecule has 2 heterocycles. The first-order chi connectivity index (χ1) is 9.20. The topological polar surface area (TPSA) is 58.8 Å². The Morgan fingerprint density at radius 3 is 2.29 bits per heavy atom. The van der Waals surface area contributed by atoms with Crippen LogP contribution < -0.4 is 5.73 Å². The minimum absolute atomic E-state index is 0. The minimum Gasteiger partial charge on any atom is -0.379 e. The largest absolute Gasteiger partial charge is 0.379 e. The number of carbonyl (C=O) groups is 1. The molecule has 1 amide bonds. The van der Waals surface area contributed by atoms with Gasteiger partial charge in [0.25, 0.3) is 0 Å². The zero-order valence-electron chi connectivity index (χ0n) is 12.8. The summed E-state index contributed by atoms with van der Waals surface area (Å²) in [5, 5.41) is 0. The third-order valence-corrected chi connectivity index (χ3v) is 4.30. The summed E-state index contributed by atoms with van der Waals surface area (Å²) in [4.78, 5) is 16.4. The van der Waals surface area contributed by atoms with E-state index in [-0.39, 0.29) is 36.8 Å². The van der Waals surface area contributed by atoms with Crippen LogP contribution in [0.25, 0.3) is 0 Å². The molecule has 2 saturated heterocycles. The maximum atomic E-state index is 12.0. The van der Waals surface area contributed by atoms with E-state index in [4.69, 9.17) is 10.5 Å². The third kappa shape index (κ3) is 6.28. The van der Waals surface area contributed by atoms with Gasteiger partial charge in [0.05, 0.1) is 19.3 Å². The standard InChI is InChI=1S/C14H27N3O2.2ClH/c1-2-13(15)14(18)17-5-3-12(4-6-17)11-16-7-9-19-10-8-16;;/h12-13H,2-11,15H2,1H3;2*1H/t13-;;/m0../s1. The van der Waals surface area contributed by atoms with Crippen LogP contribution >= 0.6 is 24.8 Å². The molecule has 0 aromatic carbocycles. The Bertz CT molecular complexity index is 294. The SMILES string of the molecule is CC[C@H](N)C(=O)N1CCC(CN2CCOCC2)CC1.Cl.Cl. The van der Waals surface area contributed by atoms with Crippen LogP contribution in [-0.4, -0.2) is 67.7 Å². The number of likely N-dealkylation sites (tertiary alicyclic amines) is 1. The molecule has 0 unspecified atom stereocenters. The van der Waals surface area contributed by atoms with Crippen molar-refractivity contribution in [3.05, 3.63) is 0 Å². The fraction of sp³-hybridized carbons (Fsp3) is 0.929. The molecule has 0 aromatic heterocycles. The Hall–Kier alpha value is -0.0700. The number of carbonyl (C=O) groups excluding carboxylic acids is 1. The predicted molar refractivity (Wildman–Crippen MR) is 89.3 cm³/mol. The van der Waals surface area contributed by atoms with E-state index in [0.717, 1.165) is 71.1 Å². The van der Waals surface area contributed by atoms with Crippen LogP contribution in [0.2, 0.25) is 0 Å². The molecule has 126 valence electrons. The lowest BCUT2D eigenvalue weighted by Crippen LogP contribution is -2.48. The third-order valence-electron chi connectivity index (χ3n) is 4.30. The number of halogens is 2. The van der Waals surface area contributed by atoms with Crippen LogP contribution in [0.3, 0.4) is 0 Å². The van der Waals surface area contributed by atoms with Crippen LogP contribution in [0.1, 0.15) is 26.2 Å². The van der Waals surface area contributed by atoms with Gasteiger partial charge in [0.2, 0.25) is 5.91 Å². The van der Waals surface area contributed by atoms with Gasteiger partial charge in [0.1, 0.15) is 0 Å². The van der Waals surface area contributed by atoms with E-state index in [1.165, 1.54) is 0 Å². The summed E-state index contributed by atoms with van der Waals surface area (Å²) in [5.74, 6) is 0.854. The van der Waals surface area contributed by atoms with E-state index < -0.39 is 0 Å². The van der Waals surface area contributed by atoms with Crippen molar-refractivity contribution in [1.82, 2.24) is 9.80 Å². The van der Waals surface area contributed by atoms with Crippen molar-refractivity contribution in [2.24, 2.45) is 11.7 Å². The molecule has 2 rings (SSSR count). The predicted octanol–water partition coefficient (Wildman–Crippen LogP) is 1.14. The molecule has 2 aliphatic rings. The lowest BCUT2D eigenvalue weighted by molar-refractivity contribution is -0.134. The molecule has 21 heavy (non-hydrogen) atoms. The fourth-order valence-electron chi connectivity index (χ4n) is 2.89. The number of nitrogens with zero attached hydrogens (tertiary/aromatic N) is 2. The minimum atomic E-state index is -0.309. The summed E-state index contributed by atoms with van der Waals surface area (Å²) in [6, 6.07) is -0.309. The van der Waals surface area contributed by atoms with Gasteiger partial charge in [-0.25, -0.2) is 0 Å². The zero-order valence-corrected chi connectivity index (χ0v) is 14.5. The zero-order chi connectivity index (χ0) is 13.7. The number of nitrogens with two attached hydrogens (primary N) is 1. The lowest BCUT2D eigenvalue weighted by Gasteiger charge is -2.36. The molecule has 7 heteroatoms. The van der Waals surface area contributed by atoms with Gasteiger partial charge in [-0.15, -0.1) is 24.8 Å². The monoisotopic (exact) mass is 341 g/mol. The second-order valence-electron chi connectivity index (χ2n) is 5.70. The molecule has 0 saturated carbocycles. The summed E-state index contributed by atoms with van der Waals surface area (Å²) in [7, 11) is 0. The number of amides is 1. The van der Waals surface area contributed by atoms with Crippen molar-refractivity contribution in [2.75, 3.05) is 45.9 Å². The summed E-state index contributed by atoms with van der Waals surface area (Å²) in [5.41, 5.74) is 5.82. The molecule has 0 aromatic rings. The Labute approximate surface area is 140 Å². The highest BCUT2D eigenvalue weighted by molar-refractivity contribution is 5.85. The summed E-state index contributed by atoms with van der Waals surface area (Å²) in [6.45, 7) is 8.72. The molecule has 0 aliphatic carbocycles. The second kappa shape index (κ2) is 10.6. The van der Waals surface area contributed by atoms with E-state index in [0.29, 0.717) is 0 Å². The van der Waals surface area contributed by atoms with Crippen molar-refractivity contribution in [1.29, 1.82) is 0 Å². The van der Waals surface area contributed by atoms with Crippen molar-refractivity contribution in [2.45, 2.75) is 32.2 Å². The van der Waals surface area contributed by atoms with E-state index >= 15 is 0 Å². The quantitative estimate of drug-likeness (QED) is 0.832. The Kier molecular flexibility index (Phi) is 10.6. The normalized spacial score (nSPS) is 22.1. The van der Waals surface area contributed by atoms with Crippen LogP contribution in [0, 0.1) is 5.92 Å². The molecule has 5 nitrogen and oxygen atoms in total. The van der Waals surface area contributed by atoms with Crippen molar-refractivity contribution in [3.63, 3.8) is 0 Å². The van der Waals surface area contributed by atoms with Crippen LogP contribution in [-0.2, 0) is 9.53 Å². The fourth-order valence-corrected chi connectivity index (χ4v) is 2.89. The Balaban J connectivity index is 0.00000200. The molecular weight excluding hydrogens is 313 g/mol. The van der Waals surface area contributed by atoms with Gasteiger partial charge in [-0.2, -0.15) is 0 Å². The number of hydrogen-bond donors (Lipinski definition) is 1. The highest BCUT2D eigenvalue weighted by Gasteiger charge is 2.26. The first-order valence-corrected chi connectivity index (χ1v) is 7.55. The Morgan fingerprint density at radius 1 is 1.19 bits per heavy atom. The summed E-state index contributed by atoms with van der Waals surface area (Å²) in [6.07, 6.45) is 2.95. The number of hydrogen-bond acceptors (Lipinski definition) is 4. The van der Waals surface area contributed by atoms with Gasteiger partial charge >= 0.3 is 0 Å². The number of rotatable bonds is 4. The summed E-state index contributed by atoms with van der Waals surface area (Å²) >= 11 is 0. The highest BCUT2D eigenvalue weighted by Crippen LogP contribution is 2.19. The van der Waals surface area contributed by atoms with Crippen molar-refractivity contribution in [3.8, 4) is 0 Å². The van der Waals surface area contributed by atoms with Crippen LogP contribution in [0.4, 0.5) is 0 Å². The average Bonchev–Trinajstić information content (AvgIpc) is 2.47. The maximum Gasteiger partial charge on any atom is 0.239 e. The van der Waals surface area contributed by atoms with Gasteiger partial charge in [0, 0.05) is 32.7 Å². The van der Waals surface area contributed by atoms with Crippen LogP contribution in [0.15, 0.2) is 0 Å². The van der Waals surface area contributed by atoms with E-state index in [9.17, 15) is 4.79 Å². The first kappa shape index (κ1) is 20.9. The average molecular weight is 342 g/mol. The molecule has 0 radical (unpaired) electrons. The molecular formula is C14H29Cl2N3O2. The molecule has 0 spiro atoms. The molecule has 2 aliphatic heterocycles. The number of ether oxygens (including phenoxy) is 1. The van der Waals surface area contributed by atoms with Crippen LogP contribution in [0.5, 0.6) is 0 Å². The maximum absolute atomic E-state index is 12.0. The van der Waals surface area contributed by atoms with E-state index in [1.54, 1.807) is 0 Å². The van der Waals surface area contributed by atoms with E-state index in [2.05, 4.69) is 4.90 Å². The molecule has 1 atom stereocenters. The van der Waals surface area contributed by atoms with Gasteiger partial charge < -0.3 is 15.4 Å². The Morgan fingerprint density at radius 2 is 1.76 bits per heavy atom. The molecule has 2 fully saturated rings. The second-order valence-corrected chi connectivity index (χ2v) is 5.70.